The van der Waals surface area contributed by atoms with Gasteiger partial charge in [-0.15, -0.1) is 11.3 Å². The Hall–Kier alpha value is -2.53. The number of Topliss-reactive ketones (excluding diaryl/α,β-unsaturated/α-hetero) is 2. The molecule has 0 spiro atoms. The predicted molar refractivity (Wildman–Crippen MR) is 85.2 cm³/mol. The monoisotopic (exact) mass is 366 g/mol. The van der Waals surface area contributed by atoms with Gasteiger partial charge in [-0.2, -0.15) is 18.4 Å². The van der Waals surface area contributed by atoms with Crippen LogP contribution in [0.25, 0.3) is 0 Å². The average Bonchev–Trinajstić information content (AvgIpc) is 2.99. The molecule has 0 aliphatic carbocycles. The van der Waals surface area contributed by atoms with Gasteiger partial charge in [-0.3, -0.25) is 14.6 Å². The Kier molecular flexibility index (Phi) is 5.69. The molecular formula is C17H13F3N2O2S. The van der Waals surface area contributed by atoms with E-state index in [-0.39, 0.29) is 24.3 Å². The van der Waals surface area contributed by atoms with E-state index in [1.807, 2.05) is 6.92 Å². The first kappa shape index (κ1) is 18.8. The van der Waals surface area contributed by atoms with Gasteiger partial charge in [0.1, 0.15) is 5.92 Å². The van der Waals surface area contributed by atoms with Crippen LogP contribution in [0.1, 0.15) is 44.6 Å². The van der Waals surface area contributed by atoms with Gasteiger partial charge in [-0.1, -0.05) is 0 Å². The maximum Gasteiger partial charge on any atom is 0.417 e. The Morgan fingerprint density at radius 3 is 2.44 bits per heavy atom. The molecule has 25 heavy (non-hydrogen) atoms. The highest BCUT2D eigenvalue weighted by Gasteiger charge is 2.31. The fraction of sp³-hybridized carbons (Fsp3) is 0.294. The standard InChI is InChI=1S/C17H13F3N2O2S/c1-10-2-7-16(25-10)15(24)6-5-14(23)12(8-21)13-4-3-11(9-22-13)17(18,19)20/h2-4,7,9,12H,5-6H2,1H3. The van der Waals surface area contributed by atoms with Crippen molar-refractivity contribution in [2.75, 3.05) is 0 Å². The molecule has 0 aromatic carbocycles. The average molecular weight is 366 g/mol. The van der Waals surface area contributed by atoms with Crippen molar-refractivity contribution in [3.8, 4) is 6.07 Å². The number of carbonyl (C=O) groups excluding carboxylic acids is 2. The van der Waals surface area contributed by atoms with Gasteiger partial charge in [-0.25, -0.2) is 0 Å². The summed E-state index contributed by atoms with van der Waals surface area (Å²) in [4.78, 5) is 29.2. The van der Waals surface area contributed by atoms with Crippen LogP contribution in [0.5, 0.6) is 0 Å². The number of alkyl halides is 3. The van der Waals surface area contributed by atoms with E-state index in [0.717, 1.165) is 17.0 Å². The molecule has 4 nitrogen and oxygen atoms in total. The minimum atomic E-state index is -4.54. The number of rotatable bonds is 6. The molecule has 0 fully saturated rings. The van der Waals surface area contributed by atoms with Crippen LogP contribution in [-0.4, -0.2) is 16.6 Å². The number of nitriles is 1. The molecule has 1 unspecified atom stereocenters. The van der Waals surface area contributed by atoms with Gasteiger partial charge in [0, 0.05) is 23.9 Å². The number of pyridine rings is 1. The molecule has 0 aliphatic heterocycles. The summed E-state index contributed by atoms with van der Waals surface area (Å²) in [6.07, 6.45) is -4.18. The molecule has 2 heterocycles. The van der Waals surface area contributed by atoms with E-state index in [1.54, 1.807) is 18.2 Å². The highest BCUT2D eigenvalue weighted by atomic mass is 32.1. The Morgan fingerprint density at radius 1 is 1.24 bits per heavy atom. The fourth-order valence-electron chi connectivity index (χ4n) is 2.14. The second kappa shape index (κ2) is 7.57. The number of aromatic nitrogens is 1. The van der Waals surface area contributed by atoms with Crippen LogP contribution >= 0.6 is 11.3 Å². The lowest BCUT2D eigenvalue weighted by molar-refractivity contribution is -0.137. The van der Waals surface area contributed by atoms with Crippen LogP contribution in [0.3, 0.4) is 0 Å². The zero-order valence-electron chi connectivity index (χ0n) is 13.1. The summed E-state index contributed by atoms with van der Waals surface area (Å²) in [5.74, 6) is -2.04. The van der Waals surface area contributed by atoms with Crippen molar-refractivity contribution in [1.82, 2.24) is 4.98 Å². The zero-order chi connectivity index (χ0) is 18.6. The van der Waals surface area contributed by atoms with Crippen LogP contribution in [-0.2, 0) is 11.0 Å². The smallest absolute Gasteiger partial charge is 0.298 e. The molecule has 0 saturated heterocycles. The molecule has 130 valence electrons. The number of hydrogen-bond donors (Lipinski definition) is 0. The number of carbonyl (C=O) groups is 2. The molecule has 0 aliphatic rings. The summed E-state index contributed by atoms with van der Waals surface area (Å²) in [5.41, 5.74) is -1.01. The molecular weight excluding hydrogens is 353 g/mol. The van der Waals surface area contributed by atoms with Crippen molar-refractivity contribution in [1.29, 1.82) is 5.26 Å². The van der Waals surface area contributed by atoms with Crippen LogP contribution in [0.2, 0.25) is 0 Å². The maximum absolute atomic E-state index is 12.5. The van der Waals surface area contributed by atoms with E-state index >= 15 is 0 Å². The third-order valence-corrected chi connectivity index (χ3v) is 4.52. The molecule has 2 rings (SSSR count). The molecule has 2 aromatic rings. The van der Waals surface area contributed by atoms with Crippen molar-refractivity contribution in [2.24, 2.45) is 0 Å². The maximum atomic E-state index is 12.5. The first-order chi connectivity index (χ1) is 11.7. The SMILES string of the molecule is Cc1ccc(C(=O)CCC(=O)C(C#N)c2ccc(C(F)(F)F)cn2)s1. The lowest BCUT2D eigenvalue weighted by atomic mass is 9.96. The second-order valence-corrected chi connectivity index (χ2v) is 6.62. The van der Waals surface area contributed by atoms with E-state index in [2.05, 4.69) is 4.98 Å². The highest BCUT2D eigenvalue weighted by Crippen LogP contribution is 2.29. The van der Waals surface area contributed by atoms with Crippen LogP contribution in [0.15, 0.2) is 30.5 Å². The molecule has 0 amide bonds. The van der Waals surface area contributed by atoms with Crippen LogP contribution < -0.4 is 0 Å². The summed E-state index contributed by atoms with van der Waals surface area (Å²) in [5, 5.41) is 9.15. The number of nitrogens with zero attached hydrogens (tertiary/aromatic N) is 2. The number of aryl methyl sites for hydroxylation is 1. The van der Waals surface area contributed by atoms with Crippen molar-refractivity contribution in [3.63, 3.8) is 0 Å². The van der Waals surface area contributed by atoms with E-state index < -0.39 is 23.4 Å². The van der Waals surface area contributed by atoms with E-state index in [0.29, 0.717) is 11.1 Å². The third kappa shape index (κ3) is 4.73. The molecule has 1 atom stereocenters. The zero-order valence-corrected chi connectivity index (χ0v) is 13.9. The number of halogens is 3. The van der Waals surface area contributed by atoms with E-state index in [9.17, 15) is 22.8 Å². The quantitative estimate of drug-likeness (QED) is 0.714. The van der Waals surface area contributed by atoms with Crippen molar-refractivity contribution < 1.29 is 22.8 Å². The highest BCUT2D eigenvalue weighted by molar-refractivity contribution is 7.14. The minimum absolute atomic E-state index is 0.0556. The topological polar surface area (TPSA) is 70.8 Å². The Morgan fingerprint density at radius 2 is 1.96 bits per heavy atom. The summed E-state index contributed by atoms with van der Waals surface area (Å²) >= 11 is 1.32. The first-order valence-electron chi connectivity index (χ1n) is 7.27. The molecule has 2 aromatic heterocycles. The summed E-state index contributed by atoms with van der Waals surface area (Å²) < 4.78 is 37.6. The fourth-order valence-corrected chi connectivity index (χ4v) is 2.97. The molecule has 0 N–H and O–H groups in total. The van der Waals surface area contributed by atoms with Gasteiger partial charge < -0.3 is 0 Å². The predicted octanol–water partition coefficient (Wildman–Crippen LogP) is 4.31. The largest absolute Gasteiger partial charge is 0.417 e. The van der Waals surface area contributed by atoms with Crippen molar-refractivity contribution in [3.05, 3.63) is 51.5 Å². The Balaban J connectivity index is 2.03. The van der Waals surface area contributed by atoms with Gasteiger partial charge in [0.05, 0.1) is 22.2 Å². The number of thiophene rings is 1. The van der Waals surface area contributed by atoms with Gasteiger partial charge in [-0.05, 0) is 31.2 Å². The lowest BCUT2D eigenvalue weighted by Crippen LogP contribution is -2.15. The Labute approximate surface area is 145 Å². The van der Waals surface area contributed by atoms with E-state index in [1.165, 1.54) is 11.3 Å². The summed E-state index contributed by atoms with van der Waals surface area (Å²) in [6, 6.07) is 7.00. The minimum Gasteiger partial charge on any atom is -0.298 e. The van der Waals surface area contributed by atoms with Gasteiger partial charge >= 0.3 is 6.18 Å². The lowest BCUT2D eigenvalue weighted by Gasteiger charge is -2.10. The van der Waals surface area contributed by atoms with Crippen molar-refractivity contribution >= 4 is 22.9 Å². The van der Waals surface area contributed by atoms with Crippen LogP contribution in [0.4, 0.5) is 13.2 Å². The van der Waals surface area contributed by atoms with Gasteiger partial charge in [0.25, 0.3) is 0 Å². The summed E-state index contributed by atoms with van der Waals surface area (Å²) in [7, 11) is 0. The number of ketones is 2. The summed E-state index contributed by atoms with van der Waals surface area (Å²) in [6.45, 7) is 1.86. The molecule has 0 saturated carbocycles. The second-order valence-electron chi connectivity index (χ2n) is 5.33. The molecule has 0 radical (unpaired) electrons. The van der Waals surface area contributed by atoms with Gasteiger partial charge in [0.15, 0.2) is 11.6 Å². The third-order valence-electron chi connectivity index (χ3n) is 3.47. The molecule has 0 bridgehead atoms. The Bertz CT molecular complexity index is 820. The normalized spacial score (nSPS) is 12.4. The van der Waals surface area contributed by atoms with Crippen molar-refractivity contribution in [2.45, 2.75) is 31.9 Å². The molecule has 8 heteroatoms. The van der Waals surface area contributed by atoms with Crippen LogP contribution in [0, 0.1) is 18.3 Å². The first-order valence-corrected chi connectivity index (χ1v) is 8.09. The number of hydrogen-bond acceptors (Lipinski definition) is 5. The van der Waals surface area contributed by atoms with E-state index in [4.69, 9.17) is 5.26 Å². The van der Waals surface area contributed by atoms with Gasteiger partial charge in [0.2, 0.25) is 0 Å².